The smallest absolute Gasteiger partial charge is 0.137 e. The normalized spacial score (nSPS) is 12.9. The number of hydrogen-bond donors (Lipinski definition) is 1. The van der Waals surface area contributed by atoms with Crippen LogP contribution in [0.15, 0.2) is 18.3 Å². The third kappa shape index (κ3) is 1.69. The van der Waals surface area contributed by atoms with Gasteiger partial charge in [0.25, 0.3) is 0 Å². The van der Waals surface area contributed by atoms with Crippen molar-refractivity contribution >= 4 is 22.9 Å². The molecule has 0 spiro atoms. The summed E-state index contributed by atoms with van der Waals surface area (Å²) in [6.07, 6.45) is 2.07. The molecule has 84 valence electrons. The molecule has 16 heavy (non-hydrogen) atoms. The maximum absolute atomic E-state index is 5.72. The zero-order valence-electron chi connectivity index (χ0n) is 9.69. The molecule has 3 nitrogen and oxygen atoms in total. The van der Waals surface area contributed by atoms with Gasteiger partial charge in [0.15, 0.2) is 0 Å². The van der Waals surface area contributed by atoms with E-state index >= 15 is 0 Å². The standard InChI is InChI=1S/C12H15N3S/c1-7-4-5-10-14-9(3)11(15(10)6-7)8(2)12(13)16/h4-6,8H,1-3H3,(H2,13,16). The van der Waals surface area contributed by atoms with E-state index in [2.05, 4.69) is 28.6 Å². The molecule has 4 heteroatoms. The van der Waals surface area contributed by atoms with Crippen molar-refractivity contribution < 1.29 is 0 Å². The van der Waals surface area contributed by atoms with Crippen molar-refractivity contribution in [2.75, 3.05) is 0 Å². The van der Waals surface area contributed by atoms with Crippen LogP contribution in [0.2, 0.25) is 0 Å². The zero-order valence-corrected chi connectivity index (χ0v) is 10.5. The van der Waals surface area contributed by atoms with E-state index in [9.17, 15) is 0 Å². The summed E-state index contributed by atoms with van der Waals surface area (Å²) < 4.78 is 2.08. The Labute approximate surface area is 100 Å². The van der Waals surface area contributed by atoms with Crippen molar-refractivity contribution in [3.63, 3.8) is 0 Å². The average molecular weight is 233 g/mol. The molecule has 0 aliphatic heterocycles. The molecule has 1 atom stereocenters. The van der Waals surface area contributed by atoms with Gasteiger partial charge in [0.1, 0.15) is 5.65 Å². The predicted octanol–water partition coefficient (Wildman–Crippen LogP) is 2.34. The molecule has 0 aromatic carbocycles. The molecule has 0 aliphatic carbocycles. The second-order valence-corrected chi connectivity index (χ2v) is 4.61. The van der Waals surface area contributed by atoms with Gasteiger partial charge in [-0.25, -0.2) is 4.98 Å². The second kappa shape index (κ2) is 3.87. The van der Waals surface area contributed by atoms with Crippen molar-refractivity contribution in [2.45, 2.75) is 26.7 Å². The van der Waals surface area contributed by atoms with Gasteiger partial charge in [0.05, 0.1) is 16.4 Å². The summed E-state index contributed by atoms with van der Waals surface area (Å²) in [4.78, 5) is 5.01. The monoisotopic (exact) mass is 233 g/mol. The van der Waals surface area contributed by atoms with Crippen molar-refractivity contribution in [1.82, 2.24) is 9.38 Å². The van der Waals surface area contributed by atoms with Crippen LogP contribution in [0.25, 0.3) is 5.65 Å². The van der Waals surface area contributed by atoms with Gasteiger partial charge in [-0.2, -0.15) is 0 Å². The molecule has 2 aromatic rings. The van der Waals surface area contributed by atoms with Crippen LogP contribution < -0.4 is 5.73 Å². The number of imidazole rings is 1. The van der Waals surface area contributed by atoms with Gasteiger partial charge in [-0.15, -0.1) is 0 Å². The number of hydrogen-bond acceptors (Lipinski definition) is 2. The highest BCUT2D eigenvalue weighted by Gasteiger charge is 2.17. The summed E-state index contributed by atoms with van der Waals surface area (Å²) in [5, 5.41) is 0. The number of pyridine rings is 1. The highest BCUT2D eigenvalue weighted by atomic mass is 32.1. The summed E-state index contributed by atoms with van der Waals surface area (Å²) in [6.45, 7) is 6.07. The third-order valence-electron chi connectivity index (χ3n) is 2.82. The molecule has 0 bridgehead atoms. The Kier molecular flexibility index (Phi) is 2.68. The maximum atomic E-state index is 5.72. The Morgan fingerprint density at radius 2 is 2.12 bits per heavy atom. The highest BCUT2D eigenvalue weighted by Crippen LogP contribution is 2.22. The molecular weight excluding hydrogens is 218 g/mol. The van der Waals surface area contributed by atoms with Crippen molar-refractivity contribution in [3.05, 3.63) is 35.3 Å². The van der Waals surface area contributed by atoms with Crippen LogP contribution in [0.3, 0.4) is 0 Å². The van der Waals surface area contributed by atoms with Crippen LogP contribution in [-0.2, 0) is 0 Å². The second-order valence-electron chi connectivity index (χ2n) is 4.14. The Bertz CT molecular complexity index is 557. The molecular formula is C12H15N3S. The predicted molar refractivity (Wildman–Crippen MR) is 69.9 cm³/mol. The molecule has 1 unspecified atom stereocenters. The first-order valence-corrected chi connectivity index (χ1v) is 5.66. The van der Waals surface area contributed by atoms with E-state index in [4.69, 9.17) is 18.0 Å². The molecule has 2 heterocycles. The number of aryl methyl sites for hydroxylation is 2. The van der Waals surface area contributed by atoms with E-state index in [1.54, 1.807) is 0 Å². The van der Waals surface area contributed by atoms with Crippen LogP contribution in [0.4, 0.5) is 0 Å². The lowest BCUT2D eigenvalue weighted by atomic mass is 10.1. The zero-order chi connectivity index (χ0) is 11.9. The van der Waals surface area contributed by atoms with E-state index < -0.39 is 0 Å². The minimum absolute atomic E-state index is 0.0480. The fourth-order valence-electron chi connectivity index (χ4n) is 1.94. The van der Waals surface area contributed by atoms with Gasteiger partial charge in [0.2, 0.25) is 0 Å². The van der Waals surface area contributed by atoms with Crippen molar-refractivity contribution in [1.29, 1.82) is 0 Å². The molecule has 0 saturated carbocycles. The molecule has 0 radical (unpaired) electrons. The maximum Gasteiger partial charge on any atom is 0.137 e. The van der Waals surface area contributed by atoms with E-state index in [-0.39, 0.29) is 5.92 Å². The van der Waals surface area contributed by atoms with Crippen molar-refractivity contribution in [2.24, 2.45) is 5.73 Å². The summed E-state index contributed by atoms with van der Waals surface area (Å²) in [5.41, 5.74) is 9.94. The van der Waals surface area contributed by atoms with Gasteiger partial charge >= 0.3 is 0 Å². The van der Waals surface area contributed by atoms with E-state index in [1.165, 1.54) is 5.56 Å². The highest BCUT2D eigenvalue weighted by molar-refractivity contribution is 7.80. The molecule has 2 rings (SSSR count). The topological polar surface area (TPSA) is 43.3 Å². The first-order valence-electron chi connectivity index (χ1n) is 5.25. The first kappa shape index (κ1) is 11.1. The lowest BCUT2D eigenvalue weighted by molar-refractivity contribution is 0.909. The van der Waals surface area contributed by atoms with Gasteiger partial charge in [-0.05, 0) is 25.5 Å². The minimum Gasteiger partial charge on any atom is -0.393 e. The largest absolute Gasteiger partial charge is 0.393 e. The minimum atomic E-state index is 0.0480. The van der Waals surface area contributed by atoms with Gasteiger partial charge in [-0.1, -0.05) is 25.2 Å². The lowest BCUT2D eigenvalue weighted by Crippen LogP contribution is -2.18. The molecule has 0 saturated heterocycles. The Balaban J connectivity index is 2.72. The van der Waals surface area contributed by atoms with Gasteiger partial charge in [0, 0.05) is 12.1 Å². The summed E-state index contributed by atoms with van der Waals surface area (Å²) >= 11 is 5.06. The molecule has 0 aliphatic rings. The van der Waals surface area contributed by atoms with E-state index in [0.717, 1.165) is 17.0 Å². The van der Waals surface area contributed by atoms with Crippen LogP contribution in [-0.4, -0.2) is 14.4 Å². The SMILES string of the molecule is Cc1ccc2nc(C)c(C(C)C(N)=S)n2c1. The van der Waals surface area contributed by atoms with E-state index in [1.807, 2.05) is 19.9 Å². The fourth-order valence-corrected chi connectivity index (χ4v) is 2.05. The number of rotatable bonds is 2. The van der Waals surface area contributed by atoms with Crippen LogP contribution in [0, 0.1) is 13.8 Å². The number of nitrogens with zero attached hydrogens (tertiary/aromatic N) is 2. The summed E-state index contributed by atoms with van der Waals surface area (Å²) in [7, 11) is 0. The number of nitrogens with two attached hydrogens (primary N) is 1. The number of thiocarbonyl (C=S) groups is 1. The molecule has 0 fully saturated rings. The van der Waals surface area contributed by atoms with Crippen LogP contribution in [0.1, 0.15) is 29.8 Å². The summed E-state index contributed by atoms with van der Waals surface area (Å²) in [6, 6.07) is 4.06. The first-order chi connectivity index (χ1) is 7.50. The van der Waals surface area contributed by atoms with E-state index in [0.29, 0.717) is 4.99 Å². The molecule has 2 N–H and O–H groups in total. The van der Waals surface area contributed by atoms with Crippen LogP contribution >= 0.6 is 12.2 Å². The van der Waals surface area contributed by atoms with Gasteiger partial charge in [-0.3, -0.25) is 0 Å². The van der Waals surface area contributed by atoms with Gasteiger partial charge < -0.3 is 10.1 Å². The van der Waals surface area contributed by atoms with Crippen molar-refractivity contribution in [3.8, 4) is 0 Å². The lowest BCUT2D eigenvalue weighted by Gasteiger charge is -2.11. The van der Waals surface area contributed by atoms with Crippen LogP contribution in [0.5, 0.6) is 0 Å². The third-order valence-corrected chi connectivity index (χ3v) is 3.18. The number of fused-ring (bicyclic) bond motifs is 1. The summed E-state index contributed by atoms with van der Waals surface area (Å²) in [5.74, 6) is 0.0480. The Morgan fingerprint density at radius 3 is 2.75 bits per heavy atom. The quantitative estimate of drug-likeness (QED) is 0.810. The Morgan fingerprint density at radius 1 is 1.44 bits per heavy atom. The average Bonchev–Trinajstić information content (AvgIpc) is 2.52. The fraction of sp³-hybridized carbons (Fsp3) is 0.333. The number of aromatic nitrogens is 2. The molecule has 2 aromatic heterocycles. The molecule has 0 amide bonds. The Hall–Kier alpha value is -1.42.